The SMILES string of the molecule is [2H]c1c2ccccc2c(C)c2c(C)c3ccccc3c(B)c12. The molecule has 0 heterocycles. The molecule has 0 radical (unpaired) electrons. The van der Waals surface area contributed by atoms with Crippen molar-refractivity contribution >= 4 is 45.6 Å². The molecule has 100 valence electrons. The fraction of sp³-hybridized carbons (Fsp3) is 0.100. The van der Waals surface area contributed by atoms with Crippen LogP contribution in [0.15, 0.2) is 54.6 Å². The van der Waals surface area contributed by atoms with Crippen molar-refractivity contribution in [1.29, 1.82) is 0 Å². The highest BCUT2D eigenvalue weighted by atomic mass is 14.1. The Bertz CT molecular complexity index is 896. The first-order valence-electron chi connectivity index (χ1n) is 7.90. The standard InChI is InChI=1S/C20H17B/c1-12-15-8-4-3-7-14(15)11-18-19(12)13(2)16-9-5-6-10-17(16)20(18)21/h3-11H,21H2,1-2H3/i11D. The molecule has 4 rings (SSSR count). The molecule has 0 aliphatic rings. The predicted molar refractivity (Wildman–Crippen MR) is 96.6 cm³/mol. The molecule has 0 amide bonds. The second-order valence-electron chi connectivity index (χ2n) is 5.84. The molecule has 1 heteroatoms. The normalized spacial score (nSPS) is 12.2. The van der Waals surface area contributed by atoms with Gasteiger partial charge in [-0.3, -0.25) is 0 Å². The van der Waals surface area contributed by atoms with Crippen LogP contribution in [0.25, 0.3) is 32.3 Å². The largest absolute Gasteiger partial charge is 0.140 e. The van der Waals surface area contributed by atoms with Gasteiger partial charge in [0.1, 0.15) is 7.85 Å². The van der Waals surface area contributed by atoms with Gasteiger partial charge >= 0.3 is 0 Å². The van der Waals surface area contributed by atoms with E-state index in [4.69, 9.17) is 1.37 Å². The molecule has 0 bridgehead atoms. The van der Waals surface area contributed by atoms with E-state index in [1.54, 1.807) is 0 Å². The predicted octanol–water partition coefficient (Wildman–Crippen LogP) is 4.02. The van der Waals surface area contributed by atoms with Gasteiger partial charge in [0.2, 0.25) is 0 Å². The Kier molecular flexibility index (Phi) is 2.36. The molecule has 0 aliphatic heterocycles. The summed E-state index contributed by atoms with van der Waals surface area (Å²) in [6, 6.07) is 17.5. The molecule has 0 saturated carbocycles. The molecule has 0 aromatic heterocycles. The summed E-state index contributed by atoms with van der Waals surface area (Å²) >= 11 is 0. The fourth-order valence-corrected chi connectivity index (χ4v) is 3.59. The van der Waals surface area contributed by atoms with Gasteiger partial charge in [-0.25, -0.2) is 0 Å². The number of hydrogen-bond donors (Lipinski definition) is 0. The van der Waals surface area contributed by atoms with Gasteiger partial charge in [-0.05, 0) is 63.3 Å². The van der Waals surface area contributed by atoms with Crippen molar-refractivity contribution in [3.8, 4) is 0 Å². The summed E-state index contributed by atoms with van der Waals surface area (Å²) < 4.78 is 8.74. The highest BCUT2D eigenvalue weighted by Gasteiger charge is 2.12. The van der Waals surface area contributed by atoms with Gasteiger partial charge < -0.3 is 0 Å². The molecule has 0 aliphatic carbocycles. The van der Waals surface area contributed by atoms with Crippen LogP contribution in [-0.2, 0) is 0 Å². The third-order valence-corrected chi connectivity index (χ3v) is 4.70. The lowest BCUT2D eigenvalue weighted by Crippen LogP contribution is -2.08. The van der Waals surface area contributed by atoms with Gasteiger partial charge in [-0.1, -0.05) is 54.0 Å². The molecule has 0 unspecified atom stereocenters. The zero-order chi connectivity index (χ0) is 15.4. The van der Waals surface area contributed by atoms with Crippen molar-refractivity contribution in [1.82, 2.24) is 0 Å². The average Bonchev–Trinajstić information content (AvgIpc) is 2.56. The number of hydrogen-bond acceptors (Lipinski definition) is 0. The molecule has 0 fully saturated rings. The van der Waals surface area contributed by atoms with Gasteiger partial charge in [-0.15, -0.1) is 0 Å². The molecule has 0 spiro atoms. The van der Waals surface area contributed by atoms with Gasteiger partial charge in [-0.2, -0.15) is 0 Å². The van der Waals surface area contributed by atoms with E-state index in [1.807, 2.05) is 6.07 Å². The number of rotatable bonds is 0. The summed E-state index contributed by atoms with van der Waals surface area (Å²) in [4.78, 5) is 0. The van der Waals surface area contributed by atoms with Gasteiger partial charge in [0.05, 0.1) is 1.37 Å². The van der Waals surface area contributed by atoms with Crippen molar-refractivity contribution in [2.45, 2.75) is 13.8 Å². The van der Waals surface area contributed by atoms with Gasteiger partial charge in [0.15, 0.2) is 0 Å². The van der Waals surface area contributed by atoms with Gasteiger partial charge in [0, 0.05) is 0 Å². The molecule has 0 nitrogen and oxygen atoms in total. The second kappa shape index (κ2) is 4.36. The molecule has 0 N–H and O–H groups in total. The maximum atomic E-state index is 8.74. The van der Waals surface area contributed by atoms with Crippen LogP contribution in [0, 0.1) is 13.8 Å². The molecule has 4 aromatic carbocycles. The lowest BCUT2D eigenvalue weighted by Gasteiger charge is -2.16. The Morgan fingerprint density at radius 2 is 1.33 bits per heavy atom. The van der Waals surface area contributed by atoms with E-state index in [0.29, 0.717) is 6.04 Å². The van der Waals surface area contributed by atoms with Gasteiger partial charge in [0.25, 0.3) is 0 Å². The van der Waals surface area contributed by atoms with E-state index in [1.165, 1.54) is 38.1 Å². The van der Waals surface area contributed by atoms with Crippen LogP contribution in [0.5, 0.6) is 0 Å². The average molecular weight is 269 g/mol. The highest BCUT2D eigenvalue weighted by molar-refractivity contribution is 6.46. The molecule has 21 heavy (non-hydrogen) atoms. The molecular weight excluding hydrogens is 251 g/mol. The van der Waals surface area contributed by atoms with Crippen molar-refractivity contribution in [3.63, 3.8) is 0 Å². The maximum absolute atomic E-state index is 8.74. The minimum atomic E-state index is 0.655. The van der Waals surface area contributed by atoms with Crippen molar-refractivity contribution < 1.29 is 1.37 Å². The quantitative estimate of drug-likeness (QED) is 0.334. The van der Waals surface area contributed by atoms with E-state index in [9.17, 15) is 0 Å². The Labute approximate surface area is 127 Å². The van der Waals surface area contributed by atoms with Crippen LogP contribution in [0.1, 0.15) is 12.5 Å². The zero-order valence-corrected chi connectivity index (χ0v) is 12.6. The maximum Gasteiger partial charge on any atom is 0.140 e. The molecular formula is C20H17B. The first-order chi connectivity index (χ1) is 10.6. The second-order valence-corrected chi connectivity index (χ2v) is 5.84. The Morgan fingerprint density at radius 1 is 0.762 bits per heavy atom. The third-order valence-electron chi connectivity index (χ3n) is 4.70. The Morgan fingerprint density at radius 3 is 2.10 bits per heavy atom. The lowest BCUT2D eigenvalue weighted by atomic mass is 9.80. The summed E-state index contributed by atoms with van der Waals surface area (Å²) in [5.41, 5.74) is 3.79. The Hall–Kier alpha value is -2.28. The third kappa shape index (κ3) is 1.64. The number of fused-ring (bicyclic) bond motifs is 3. The summed E-state index contributed by atoms with van der Waals surface area (Å²) in [6.45, 7) is 4.37. The summed E-state index contributed by atoms with van der Waals surface area (Å²) in [7, 11) is 2.15. The van der Waals surface area contributed by atoms with Crippen molar-refractivity contribution in [2.75, 3.05) is 0 Å². The minimum Gasteiger partial charge on any atom is -0.0735 e. The zero-order valence-electron chi connectivity index (χ0n) is 13.6. The van der Waals surface area contributed by atoms with Crippen LogP contribution >= 0.6 is 0 Å². The Balaban J connectivity index is 2.42. The van der Waals surface area contributed by atoms with E-state index in [-0.39, 0.29) is 0 Å². The molecule has 0 saturated heterocycles. The van der Waals surface area contributed by atoms with E-state index >= 15 is 0 Å². The first-order valence-corrected chi connectivity index (χ1v) is 7.40. The fourth-order valence-electron chi connectivity index (χ4n) is 3.59. The highest BCUT2D eigenvalue weighted by Crippen LogP contribution is 2.32. The molecule has 4 aromatic rings. The lowest BCUT2D eigenvalue weighted by molar-refractivity contribution is 1.53. The summed E-state index contributed by atoms with van der Waals surface area (Å²) in [5, 5.41) is 7.15. The van der Waals surface area contributed by atoms with Crippen molar-refractivity contribution in [3.05, 3.63) is 65.7 Å². The molecule has 0 atom stereocenters. The van der Waals surface area contributed by atoms with Crippen LogP contribution in [0.2, 0.25) is 0 Å². The summed E-state index contributed by atoms with van der Waals surface area (Å²) in [5.74, 6) is 0. The van der Waals surface area contributed by atoms with Crippen LogP contribution in [0.3, 0.4) is 0 Å². The smallest absolute Gasteiger partial charge is 0.0735 e. The van der Waals surface area contributed by atoms with Crippen LogP contribution < -0.4 is 5.46 Å². The monoisotopic (exact) mass is 269 g/mol. The minimum absolute atomic E-state index is 0.655. The van der Waals surface area contributed by atoms with Crippen LogP contribution in [-0.4, -0.2) is 7.85 Å². The van der Waals surface area contributed by atoms with E-state index in [0.717, 1.165) is 10.8 Å². The number of aryl methyl sites for hydroxylation is 2. The van der Waals surface area contributed by atoms with E-state index < -0.39 is 0 Å². The van der Waals surface area contributed by atoms with Crippen molar-refractivity contribution in [2.24, 2.45) is 0 Å². The van der Waals surface area contributed by atoms with E-state index in [2.05, 4.69) is 64.2 Å². The topological polar surface area (TPSA) is 0 Å². The first kappa shape index (κ1) is 11.4. The summed E-state index contributed by atoms with van der Waals surface area (Å²) in [6.07, 6.45) is 0. The van der Waals surface area contributed by atoms with Crippen LogP contribution in [0.4, 0.5) is 0 Å². The number of benzene rings is 4.